The third kappa shape index (κ3) is 6.87. The van der Waals surface area contributed by atoms with Crippen molar-refractivity contribution in [3.8, 4) is 5.75 Å². The molecule has 0 aliphatic carbocycles. The third-order valence-corrected chi connectivity index (χ3v) is 6.89. The summed E-state index contributed by atoms with van der Waals surface area (Å²) in [4.78, 5) is 13.9. The van der Waals surface area contributed by atoms with Crippen molar-refractivity contribution in [3.63, 3.8) is 0 Å². The van der Waals surface area contributed by atoms with Gasteiger partial charge in [-0.1, -0.05) is 42.8 Å². The van der Waals surface area contributed by atoms with Crippen LogP contribution < -0.4 is 20.7 Å². The maximum absolute atomic E-state index is 12.9. The van der Waals surface area contributed by atoms with Gasteiger partial charge in [-0.05, 0) is 73.6 Å². The van der Waals surface area contributed by atoms with Crippen LogP contribution in [-0.4, -0.2) is 23.4 Å². The summed E-state index contributed by atoms with van der Waals surface area (Å²) in [6.45, 7) is 3.89. The number of nitrogens with one attached hydrogen (secondary N) is 3. The molecule has 3 rings (SSSR count). The van der Waals surface area contributed by atoms with Gasteiger partial charge in [-0.15, -0.1) is 11.8 Å². The molecule has 1 unspecified atom stereocenters. The molecular formula is C25H26ClN3O2S2. The van der Waals surface area contributed by atoms with Crippen LogP contribution in [0.3, 0.4) is 0 Å². The molecule has 0 saturated carbocycles. The molecule has 3 aromatic carbocycles. The zero-order chi connectivity index (χ0) is 23.8. The molecule has 1 amide bonds. The molecule has 1 atom stereocenters. The van der Waals surface area contributed by atoms with Crippen LogP contribution in [0.4, 0.5) is 17.1 Å². The normalized spacial score (nSPS) is 11.4. The number of rotatable bonds is 8. The lowest BCUT2D eigenvalue weighted by Gasteiger charge is -2.17. The van der Waals surface area contributed by atoms with Crippen LogP contribution >= 0.6 is 35.6 Å². The molecule has 0 spiro atoms. The van der Waals surface area contributed by atoms with Crippen molar-refractivity contribution in [3.05, 3.63) is 77.3 Å². The summed E-state index contributed by atoms with van der Waals surface area (Å²) < 4.78 is 5.35. The highest BCUT2D eigenvalue weighted by Crippen LogP contribution is 2.30. The Kier molecular flexibility index (Phi) is 9.00. The average Bonchev–Trinajstić information content (AvgIpc) is 2.81. The largest absolute Gasteiger partial charge is 0.495 e. The fourth-order valence-corrected chi connectivity index (χ4v) is 4.54. The van der Waals surface area contributed by atoms with E-state index in [0.29, 0.717) is 22.3 Å². The van der Waals surface area contributed by atoms with Gasteiger partial charge in [-0.2, -0.15) is 0 Å². The summed E-state index contributed by atoms with van der Waals surface area (Å²) in [7, 11) is 1.62. The Morgan fingerprint density at radius 2 is 1.76 bits per heavy atom. The van der Waals surface area contributed by atoms with E-state index < -0.39 is 0 Å². The molecule has 33 heavy (non-hydrogen) atoms. The van der Waals surface area contributed by atoms with Gasteiger partial charge in [0.2, 0.25) is 5.91 Å². The predicted octanol–water partition coefficient (Wildman–Crippen LogP) is 6.98. The number of amides is 1. The van der Waals surface area contributed by atoms with Crippen LogP contribution in [0.1, 0.15) is 18.9 Å². The van der Waals surface area contributed by atoms with E-state index in [4.69, 9.17) is 28.6 Å². The minimum absolute atomic E-state index is 0.0559. The van der Waals surface area contributed by atoms with Gasteiger partial charge in [0, 0.05) is 21.3 Å². The molecule has 8 heteroatoms. The Morgan fingerprint density at radius 1 is 1.03 bits per heavy atom. The molecule has 172 valence electrons. The van der Waals surface area contributed by atoms with Gasteiger partial charge in [-0.25, -0.2) is 0 Å². The van der Waals surface area contributed by atoms with Crippen LogP contribution in [0.25, 0.3) is 0 Å². The number of thioether (sulfide) groups is 1. The lowest BCUT2D eigenvalue weighted by molar-refractivity contribution is -0.115. The van der Waals surface area contributed by atoms with Gasteiger partial charge in [0.15, 0.2) is 5.11 Å². The zero-order valence-electron chi connectivity index (χ0n) is 18.6. The molecule has 3 aromatic rings. The van der Waals surface area contributed by atoms with E-state index in [1.807, 2.05) is 80.6 Å². The number of hydrogen-bond acceptors (Lipinski definition) is 4. The molecular weight excluding hydrogens is 474 g/mol. The minimum atomic E-state index is -0.253. The van der Waals surface area contributed by atoms with Gasteiger partial charge >= 0.3 is 0 Å². The summed E-state index contributed by atoms with van der Waals surface area (Å²) in [5.74, 6) is 0.650. The van der Waals surface area contributed by atoms with Crippen LogP contribution in [-0.2, 0) is 4.79 Å². The Labute approximate surface area is 209 Å². The molecule has 5 nitrogen and oxygen atoms in total. The molecule has 0 bridgehead atoms. The van der Waals surface area contributed by atoms with Gasteiger partial charge < -0.3 is 20.7 Å². The molecule has 3 N–H and O–H groups in total. The summed E-state index contributed by atoms with van der Waals surface area (Å²) in [5.41, 5.74) is 3.19. The Bertz CT molecular complexity index is 1140. The lowest BCUT2D eigenvalue weighted by atomic mass is 10.2. The summed E-state index contributed by atoms with van der Waals surface area (Å²) in [5, 5.41) is 10.2. The first-order valence-corrected chi connectivity index (χ1v) is 12.1. The molecule has 0 heterocycles. The number of hydrogen-bond donors (Lipinski definition) is 3. The van der Waals surface area contributed by atoms with Crippen molar-refractivity contribution in [1.82, 2.24) is 0 Å². The van der Waals surface area contributed by atoms with Crippen molar-refractivity contribution in [2.24, 2.45) is 0 Å². The quantitative estimate of drug-likeness (QED) is 0.229. The van der Waals surface area contributed by atoms with Gasteiger partial charge in [-0.3, -0.25) is 4.79 Å². The topological polar surface area (TPSA) is 62.4 Å². The lowest BCUT2D eigenvalue weighted by Crippen LogP contribution is -2.25. The Balaban J connectivity index is 1.64. The number of benzene rings is 3. The number of thiocarbonyl (C=S) groups is 1. The van der Waals surface area contributed by atoms with Crippen molar-refractivity contribution in [2.45, 2.75) is 30.4 Å². The van der Waals surface area contributed by atoms with E-state index in [1.165, 1.54) is 11.8 Å². The second kappa shape index (κ2) is 11.9. The number of anilines is 3. The first kappa shape index (κ1) is 24.9. The average molecular weight is 500 g/mol. The first-order valence-electron chi connectivity index (χ1n) is 10.4. The van der Waals surface area contributed by atoms with Crippen molar-refractivity contribution < 1.29 is 9.53 Å². The predicted molar refractivity (Wildman–Crippen MR) is 144 cm³/mol. The Morgan fingerprint density at radius 3 is 2.52 bits per heavy atom. The fraction of sp³-hybridized carbons (Fsp3) is 0.200. The van der Waals surface area contributed by atoms with Crippen LogP contribution in [0.2, 0.25) is 5.02 Å². The number of ether oxygens (including phenoxy) is 1. The highest BCUT2D eigenvalue weighted by molar-refractivity contribution is 8.00. The number of para-hydroxylation sites is 2. The van der Waals surface area contributed by atoms with Crippen molar-refractivity contribution in [2.75, 3.05) is 23.1 Å². The fourth-order valence-electron chi connectivity index (χ4n) is 3.12. The number of halogens is 1. The van der Waals surface area contributed by atoms with Crippen molar-refractivity contribution >= 4 is 63.7 Å². The van der Waals surface area contributed by atoms with E-state index >= 15 is 0 Å². The maximum Gasteiger partial charge on any atom is 0.237 e. The van der Waals surface area contributed by atoms with Gasteiger partial charge in [0.05, 0.1) is 18.0 Å². The summed E-state index contributed by atoms with van der Waals surface area (Å²) >= 11 is 13.1. The van der Waals surface area contributed by atoms with E-state index in [0.717, 1.165) is 27.5 Å². The summed E-state index contributed by atoms with van der Waals surface area (Å²) in [6, 6.07) is 20.9. The first-order chi connectivity index (χ1) is 15.9. The second-order valence-corrected chi connectivity index (χ2v) is 9.32. The number of methoxy groups -OCH3 is 1. The smallest absolute Gasteiger partial charge is 0.237 e. The van der Waals surface area contributed by atoms with Crippen LogP contribution in [0.5, 0.6) is 5.75 Å². The molecule has 0 fully saturated rings. The highest BCUT2D eigenvalue weighted by atomic mass is 35.5. The standard InChI is InChI=1S/C25H26ClN3O2S2/c1-4-23(24(30)28-20-13-8-11-19(26)16(20)2)33-18-10-7-9-17(15-18)27-25(32)29-21-12-5-6-14-22(21)31-3/h5-15,23H,4H2,1-3H3,(H,28,30)(H2,27,29,32). The number of carbonyl (C=O) groups is 1. The monoisotopic (exact) mass is 499 g/mol. The van der Waals surface area contributed by atoms with Gasteiger partial charge in [0.1, 0.15) is 5.75 Å². The highest BCUT2D eigenvalue weighted by Gasteiger charge is 2.19. The van der Waals surface area contributed by atoms with E-state index in [2.05, 4.69) is 16.0 Å². The molecule has 0 aliphatic rings. The molecule has 0 aromatic heterocycles. The Hall–Kier alpha value is -2.74. The molecule has 0 saturated heterocycles. The van der Waals surface area contributed by atoms with Gasteiger partial charge in [0.25, 0.3) is 0 Å². The molecule has 0 radical (unpaired) electrons. The van der Waals surface area contributed by atoms with Crippen LogP contribution in [0, 0.1) is 6.92 Å². The van der Waals surface area contributed by atoms with E-state index in [-0.39, 0.29) is 11.2 Å². The van der Waals surface area contributed by atoms with E-state index in [1.54, 1.807) is 7.11 Å². The minimum Gasteiger partial charge on any atom is -0.495 e. The third-order valence-electron chi connectivity index (χ3n) is 4.91. The molecule has 0 aliphatic heterocycles. The van der Waals surface area contributed by atoms with Crippen LogP contribution in [0.15, 0.2) is 71.6 Å². The SMILES string of the molecule is CCC(Sc1cccc(NC(=S)Nc2ccccc2OC)c1)C(=O)Nc1cccc(Cl)c1C. The van der Waals surface area contributed by atoms with Crippen molar-refractivity contribution in [1.29, 1.82) is 0 Å². The second-order valence-electron chi connectivity index (χ2n) is 7.22. The zero-order valence-corrected chi connectivity index (χ0v) is 21.0. The van der Waals surface area contributed by atoms with E-state index in [9.17, 15) is 4.79 Å². The number of carbonyl (C=O) groups excluding carboxylic acids is 1. The maximum atomic E-state index is 12.9. The summed E-state index contributed by atoms with van der Waals surface area (Å²) in [6.07, 6.45) is 0.682.